The molecule has 2 aliphatic rings. The second-order valence-electron chi connectivity index (χ2n) is 11.8. The molecule has 0 unspecified atom stereocenters. The number of pyridine rings is 3. The van der Waals surface area contributed by atoms with E-state index in [0.717, 1.165) is 58.9 Å². The summed E-state index contributed by atoms with van der Waals surface area (Å²) in [5.74, 6) is 2.60. The minimum Gasteiger partial charge on any atom is -0.496 e. The largest absolute Gasteiger partial charge is 0.496 e. The lowest BCUT2D eigenvalue weighted by atomic mass is 9.91. The number of aromatic nitrogens is 5. The van der Waals surface area contributed by atoms with E-state index in [-0.39, 0.29) is 17.7 Å². The highest BCUT2D eigenvalue weighted by Gasteiger charge is 2.38. The van der Waals surface area contributed by atoms with Crippen LogP contribution in [0.4, 0.5) is 11.5 Å². The van der Waals surface area contributed by atoms with Gasteiger partial charge in [0.15, 0.2) is 5.82 Å². The van der Waals surface area contributed by atoms with E-state index in [1.165, 1.54) is 6.26 Å². The fraction of sp³-hybridized carbons (Fsp3) is 0.467. The second kappa shape index (κ2) is 10.8. The normalized spacial score (nSPS) is 20.9. The van der Waals surface area contributed by atoms with E-state index in [2.05, 4.69) is 52.8 Å². The van der Waals surface area contributed by atoms with E-state index >= 15 is 0 Å². The summed E-state index contributed by atoms with van der Waals surface area (Å²) in [6, 6.07) is 8.59. The van der Waals surface area contributed by atoms with Gasteiger partial charge in [-0.05, 0) is 46.5 Å². The molecule has 2 aliphatic heterocycles. The van der Waals surface area contributed by atoms with E-state index in [1.807, 2.05) is 29.9 Å². The molecular weight excluding hydrogens is 552 g/mol. The summed E-state index contributed by atoms with van der Waals surface area (Å²) in [5, 5.41) is 5.72. The maximum Gasteiger partial charge on any atom is 0.158 e. The number of likely N-dealkylation sites (N-methyl/N-ethyl adjacent to an activating group) is 1. The highest BCUT2D eigenvalue weighted by molar-refractivity contribution is 7.90. The lowest BCUT2D eigenvalue weighted by Gasteiger charge is -2.48. The Morgan fingerprint density at radius 2 is 1.88 bits per heavy atom. The quantitative estimate of drug-likeness (QED) is 0.303. The first-order valence-electron chi connectivity index (χ1n) is 14.2. The Morgan fingerprint density at radius 3 is 2.57 bits per heavy atom. The van der Waals surface area contributed by atoms with Gasteiger partial charge in [0.05, 0.1) is 35.8 Å². The summed E-state index contributed by atoms with van der Waals surface area (Å²) >= 11 is 0. The van der Waals surface area contributed by atoms with Crippen LogP contribution in [-0.2, 0) is 9.84 Å². The molecule has 2 fully saturated rings. The minimum absolute atomic E-state index is 0.0984. The number of fused-ring (bicyclic) bond motifs is 1. The Morgan fingerprint density at radius 1 is 1.10 bits per heavy atom. The second-order valence-corrected chi connectivity index (χ2v) is 14.0. The van der Waals surface area contributed by atoms with Crippen LogP contribution in [-0.4, -0.2) is 103 Å². The number of methoxy groups -OCH3 is 1. The van der Waals surface area contributed by atoms with Gasteiger partial charge in [0.2, 0.25) is 0 Å². The standard InChI is InChI=1S/C30H38N8O3S/c1-19-24-15-32-38(27(24)13-26(33-19)25-14-31-9-7-28(25)41-5)30-12-23(37-16-21(20(37)2)18-42(6,39)40)11-29(34-30)36-10-8-22(17-36)35(3)4/h7,9,11-15,20-22H,8,10,16-18H2,1-6H3/t20-,21-,22+/m1/s1. The van der Waals surface area contributed by atoms with Crippen molar-refractivity contribution in [1.29, 1.82) is 0 Å². The van der Waals surface area contributed by atoms with Gasteiger partial charge in [-0.1, -0.05) is 0 Å². The van der Waals surface area contributed by atoms with Crippen molar-refractivity contribution in [3.05, 3.63) is 48.5 Å². The summed E-state index contributed by atoms with van der Waals surface area (Å²) in [6.45, 7) is 6.57. The molecule has 0 aromatic carbocycles. The summed E-state index contributed by atoms with van der Waals surface area (Å²) in [6.07, 6.45) is 7.68. The number of aryl methyl sites for hydroxylation is 1. The van der Waals surface area contributed by atoms with Crippen LogP contribution in [0.2, 0.25) is 0 Å². The van der Waals surface area contributed by atoms with Gasteiger partial charge in [0, 0.05) is 85.2 Å². The van der Waals surface area contributed by atoms with Gasteiger partial charge in [-0.2, -0.15) is 5.10 Å². The molecule has 0 radical (unpaired) electrons. The van der Waals surface area contributed by atoms with Crippen LogP contribution in [0, 0.1) is 12.8 Å². The Hall–Kier alpha value is -3.77. The van der Waals surface area contributed by atoms with Crippen molar-refractivity contribution in [1.82, 2.24) is 29.6 Å². The van der Waals surface area contributed by atoms with Crippen LogP contribution < -0.4 is 14.5 Å². The Kier molecular flexibility index (Phi) is 7.30. The fourth-order valence-corrected chi connectivity index (χ4v) is 7.32. The van der Waals surface area contributed by atoms with Gasteiger partial charge in [-0.15, -0.1) is 0 Å². The molecule has 6 rings (SSSR count). The van der Waals surface area contributed by atoms with E-state index in [9.17, 15) is 8.42 Å². The van der Waals surface area contributed by atoms with Crippen molar-refractivity contribution in [3.8, 4) is 22.8 Å². The fourth-order valence-electron chi connectivity index (χ4n) is 6.16. The van der Waals surface area contributed by atoms with Gasteiger partial charge in [0.1, 0.15) is 21.4 Å². The van der Waals surface area contributed by atoms with Crippen LogP contribution >= 0.6 is 0 Å². The molecule has 11 nitrogen and oxygen atoms in total. The lowest BCUT2D eigenvalue weighted by Crippen LogP contribution is -2.57. The Labute approximate surface area is 247 Å². The zero-order valence-electron chi connectivity index (χ0n) is 25.0. The monoisotopic (exact) mass is 590 g/mol. The zero-order chi connectivity index (χ0) is 29.8. The number of ether oxygens (including phenoxy) is 1. The van der Waals surface area contributed by atoms with Crippen LogP contribution in [0.3, 0.4) is 0 Å². The van der Waals surface area contributed by atoms with Gasteiger partial charge in [-0.25, -0.2) is 18.1 Å². The maximum atomic E-state index is 12.0. The van der Waals surface area contributed by atoms with Gasteiger partial charge in [-0.3, -0.25) is 9.97 Å². The van der Waals surface area contributed by atoms with Crippen LogP contribution in [0.5, 0.6) is 5.75 Å². The molecule has 2 saturated heterocycles. The molecule has 4 aromatic heterocycles. The van der Waals surface area contributed by atoms with Crippen molar-refractivity contribution < 1.29 is 13.2 Å². The van der Waals surface area contributed by atoms with Gasteiger partial charge >= 0.3 is 0 Å². The highest BCUT2D eigenvalue weighted by atomic mass is 32.2. The number of sulfone groups is 1. The first kappa shape index (κ1) is 28.4. The average molecular weight is 591 g/mol. The number of anilines is 2. The van der Waals surface area contributed by atoms with E-state index in [1.54, 1.807) is 19.5 Å². The number of nitrogens with zero attached hydrogens (tertiary/aromatic N) is 8. The molecule has 3 atom stereocenters. The van der Waals surface area contributed by atoms with Crippen LogP contribution in [0.25, 0.3) is 28.0 Å². The molecule has 42 heavy (non-hydrogen) atoms. The molecule has 0 aliphatic carbocycles. The predicted octanol–water partition coefficient (Wildman–Crippen LogP) is 3.20. The van der Waals surface area contributed by atoms with E-state index < -0.39 is 9.84 Å². The number of hydrogen-bond acceptors (Lipinski definition) is 10. The molecule has 0 amide bonds. The van der Waals surface area contributed by atoms with Gasteiger partial charge in [0.25, 0.3) is 0 Å². The Balaban J connectivity index is 1.44. The summed E-state index contributed by atoms with van der Waals surface area (Å²) < 4.78 is 31.5. The molecule has 222 valence electrons. The van der Waals surface area contributed by atoms with Crippen molar-refractivity contribution >= 4 is 32.2 Å². The first-order valence-corrected chi connectivity index (χ1v) is 16.3. The van der Waals surface area contributed by atoms with Crippen molar-refractivity contribution in [2.24, 2.45) is 5.92 Å². The third kappa shape index (κ3) is 5.29. The predicted molar refractivity (Wildman–Crippen MR) is 165 cm³/mol. The maximum absolute atomic E-state index is 12.0. The number of rotatable bonds is 8. The average Bonchev–Trinajstić information content (AvgIpc) is 3.63. The van der Waals surface area contributed by atoms with Crippen LogP contribution in [0.15, 0.2) is 42.9 Å². The van der Waals surface area contributed by atoms with E-state index in [4.69, 9.17) is 19.8 Å². The lowest BCUT2D eigenvalue weighted by molar-refractivity contribution is 0.315. The molecule has 0 bridgehead atoms. The van der Waals surface area contributed by atoms with Crippen molar-refractivity contribution in [2.45, 2.75) is 32.4 Å². The van der Waals surface area contributed by atoms with Crippen molar-refractivity contribution in [3.63, 3.8) is 0 Å². The molecule has 0 N–H and O–H groups in total. The SMILES string of the molecule is COc1ccncc1-c1cc2c(cnn2-c2cc(N3C[C@H](CS(C)(=O)=O)[C@H]3C)cc(N3CC[C@H](N(C)C)C3)n2)c(C)n1. The molecular formula is C30H38N8O3S. The molecule has 0 saturated carbocycles. The molecule has 6 heterocycles. The minimum atomic E-state index is -3.05. The first-order chi connectivity index (χ1) is 20.0. The highest BCUT2D eigenvalue weighted by Crippen LogP contribution is 2.37. The third-order valence-electron chi connectivity index (χ3n) is 8.71. The summed E-state index contributed by atoms with van der Waals surface area (Å²) in [7, 11) is 2.83. The van der Waals surface area contributed by atoms with Gasteiger partial charge < -0.3 is 19.4 Å². The summed E-state index contributed by atoms with van der Waals surface area (Å²) in [4.78, 5) is 21.2. The Bertz CT molecular complexity index is 1740. The zero-order valence-corrected chi connectivity index (χ0v) is 25.8. The van der Waals surface area contributed by atoms with Crippen molar-refractivity contribution in [2.75, 3.05) is 62.6 Å². The molecule has 12 heteroatoms. The van der Waals surface area contributed by atoms with Crippen LogP contribution in [0.1, 0.15) is 19.0 Å². The summed E-state index contributed by atoms with van der Waals surface area (Å²) in [5.41, 5.74) is 4.31. The van der Waals surface area contributed by atoms with E-state index in [0.29, 0.717) is 24.2 Å². The number of hydrogen-bond donors (Lipinski definition) is 0. The third-order valence-corrected chi connectivity index (χ3v) is 9.74. The molecule has 0 spiro atoms. The molecule has 4 aromatic rings. The topological polar surface area (TPSA) is 110 Å². The smallest absolute Gasteiger partial charge is 0.158 e.